The summed E-state index contributed by atoms with van der Waals surface area (Å²) in [6.07, 6.45) is 0.0927. The van der Waals surface area contributed by atoms with Crippen LogP contribution in [0.2, 0.25) is 5.02 Å². The minimum absolute atomic E-state index is 0.518. The Kier molecular flexibility index (Phi) is 4.87. The van der Waals surface area contributed by atoms with E-state index in [9.17, 15) is 5.11 Å². The van der Waals surface area contributed by atoms with Crippen LogP contribution in [0.15, 0.2) is 36.4 Å². The Labute approximate surface area is 132 Å². The molecule has 1 nitrogen and oxygen atoms in total. The third-order valence-corrected chi connectivity index (χ3v) is 4.61. The van der Waals surface area contributed by atoms with Crippen LogP contribution in [0.1, 0.15) is 28.4 Å². The lowest BCUT2D eigenvalue weighted by Gasteiger charge is -2.13. The predicted octanol–water partition coefficient (Wildman–Crippen LogP) is 4.84. The second-order valence-corrected chi connectivity index (χ2v) is 6.46. The number of hydrogen-bond acceptors (Lipinski definition) is 1. The lowest BCUT2D eigenvalue weighted by atomic mass is 9.98. The van der Waals surface area contributed by atoms with Gasteiger partial charge in [-0.1, -0.05) is 47.0 Å². The van der Waals surface area contributed by atoms with Crippen molar-refractivity contribution in [1.82, 2.24) is 0 Å². The van der Waals surface area contributed by atoms with Gasteiger partial charge in [0.05, 0.1) is 11.1 Å². The van der Waals surface area contributed by atoms with Gasteiger partial charge in [-0.3, -0.25) is 0 Å². The molecule has 0 saturated heterocycles. The number of aliphatic hydroxyl groups is 1. The zero-order valence-electron chi connectivity index (χ0n) is 11.0. The van der Waals surface area contributed by atoms with Gasteiger partial charge < -0.3 is 5.11 Å². The van der Waals surface area contributed by atoms with Gasteiger partial charge >= 0.3 is 0 Å². The van der Waals surface area contributed by atoms with Crippen molar-refractivity contribution in [2.24, 2.45) is 0 Å². The molecule has 2 aromatic carbocycles. The minimum atomic E-state index is -0.518. The molecule has 0 spiro atoms. The quantitative estimate of drug-likeness (QED) is 0.749. The number of aryl methyl sites for hydroxylation is 2. The van der Waals surface area contributed by atoms with Gasteiger partial charge in [-0.25, -0.2) is 0 Å². The number of aliphatic hydroxyl groups excluding tert-OH is 1. The summed E-state index contributed by atoms with van der Waals surface area (Å²) in [4.78, 5) is 0. The Hall–Kier alpha value is -0.580. The molecule has 0 fully saturated rings. The molecular formula is C16H16ClIO. The Morgan fingerprint density at radius 2 is 1.74 bits per heavy atom. The van der Waals surface area contributed by atoms with E-state index in [0.29, 0.717) is 11.4 Å². The molecule has 0 aliphatic carbocycles. The number of halogens is 2. The summed E-state index contributed by atoms with van der Waals surface area (Å²) in [7, 11) is 0. The van der Waals surface area contributed by atoms with Crippen molar-refractivity contribution in [1.29, 1.82) is 0 Å². The van der Waals surface area contributed by atoms with Crippen molar-refractivity contribution in [3.05, 3.63) is 67.2 Å². The van der Waals surface area contributed by atoms with Crippen molar-refractivity contribution in [3.63, 3.8) is 0 Å². The van der Waals surface area contributed by atoms with Gasteiger partial charge in [0.2, 0.25) is 0 Å². The molecule has 0 aliphatic rings. The van der Waals surface area contributed by atoms with E-state index >= 15 is 0 Å². The third kappa shape index (κ3) is 3.94. The van der Waals surface area contributed by atoms with Gasteiger partial charge in [0.25, 0.3) is 0 Å². The maximum Gasteiger partial charge on any atom is 0.0830 e. The van der Waals surface area contributed by atoms with E-state index in [-0.39, 0.29) is 0 Å². The maximum atomic E-state index is 10.3. The van der Waals surface area contributed by atoms with Gasteiger partial charge in [0.15, 0.2) is 0 Å². The van der Waals surface area contributed by atoms with Crippen molar-refractivity contribution in [2.75, 3.05) is 0 Å². The summed E-state index contributed by atoms with van der Waals surface area (Å²) in [6, 6.07) is 12.1. The monoisotopic (exact) mass is 386 g/mol. The van der Waals surface area contributed by atoms with Crippen LogP contribution in [0.4, 0.5) is 0 Å². The second kappa shape index (κ2) is 6.25. The first kappa shape index (κ1) is 14.8. The van der Waals surface area contributed by atoms with E-state index in [1.807, 2.05) is 18.2 Å². The molecule has 19 heavy (non-hydrogen) atoms. The van der Waals surface area contributed by atoms with Gasteiger partial charge in [0.1, 0.15) is 0 Å². The normalized spacial score (nSPS) is 12.5. The van der Waals surface area contributed by atoms with Gasteiger partial charge in [-0.05, 0) is 59.7 Å². The Morgan fingerprint density at radius 3 is 2.32 bits per heavy atom. The molecule has 0 bridgehead atoms. The first-order valence-corrected chi connectivity index (χ1v) is 7.61. The molecule has 0 aliphatic heterocycles. The summed E-state index contributed by atoms with van der Waals surface area (Å²) in [5.74, 6) is 0. The summed E-state index contributed by atoms with van der Waals surface area (Å²) in [5.41, 5.74) is 4.47. The molecular weight excluding hydrogens is 371 g/mol. The molecule has 2 aromatic rings. The summed E-state index contributed by atoms with van der Waals surface area (Å²) >= 11 is 8.28. The van der Waals surface area contributed by atoms with Crippen molar-refractivity contribution < 1.29 is 5.11 Å². The topological polar surface area (TPSA) is 20.2 Å². The molecule has 100 valence electrons. The van der Waals surface area contributed by atoms with E-state index in [1.165, 1.54) is 11.1 Å². The van der Waals surface area contributed by atoms with Crippen molar-refractivity contribution in [2.45, 2.75) is 26.4 Å². The third-order valence-electron chi connectivity index (χ3n) is 3.04. The van der Waals surface area contributed by atoms with Crippen LogP contribution in [-0.2, 0) is 6.42 Å². The number of hydrogen-bond donors (Lipinski definition) is 1. The molecule has 0 saturated carbocycles. The standard InChI is InChI=1S/C16H16ClIO/c1-10-5-11(2)7-12(6-10)8-16(19)13-3-4-15(18)14(17)9-13/h3-7,9,16,19H,8H2,1-2H3. The van der Waals surface area contributed by atoms with Crippen LogP contribution in [0.3, 0.4) is 0 Å². The number of rotatable bonds is 3. The lowest BCUT2D eigenvalue weighted by molar-refractivity contribution is 0.178. The molecule has 0 aromatic heterocycles. The van der Waals surface area contributed by atoms with E-state index < -0.39 is 6.10 Å². The van der Waals surface area contributed by atoms with Crippen LogP contribution >= 0.6 is 34.2 Å². The molecule has 1 N–H and O–H groups in total. The largest absolute Gasteiger partial charge is 0.388 e. The average Bonchev–Trinajstić information content (AvgIpc) is 2.31. The summed E-state index contributed by atoms with van der Waals surface area (Å²) in [5, 5.41) is 11.0. The van der Waals surface area contributed by atoms with E-state index in [4.69, 9.17) is 11.6 Å². The lowest BCUT2D eigenvalue weighted by Crippen LogP contribution is -2.02. The van der Waals surface area contributed by atoms with Crippen LogP contribution < -0.4 is 0 Å². The summed E-state index contributed by atoms with van der Waals surface area (Å²) in [6.45, 7) is 4.15. The maximum absolute atomic E-state index is 10.3. The molecule has 2 rings (SSSR count). The van der Waals surface area contributed by atoms with Crippen LogP contribution in [0, 0.1) is 17.4 Å². The SMILES string of the molecule is Cc1cc(C)cc(CC(O)c2ccc(I)c(Cl)c2)c1. The molecule has 3 heteroatoms. The molecule has 1 unspecified atom stereocenters. The predicted molar refractivity (Wildman–Crippen MR) is 88.7 cm³/mol. The van der Waals surface area contributed by atoms with E-state index in [0.717, 1.165) is 14.7 Å². The highest BCUT2D eigenvalue weighted by Gasteiger charge is 2.10. The second-order valence-electron chi connectivity index (χ2n) is 4.89. The smallest absolute Gasteiger partial charge is 0.0830 e. The highest BCUT2D eigenvalue weighted by Crippen LogP contribution is 2.25. The fourth-order valence-corrected chi connectivity index (χ4v) is 2.77. The zero-order valence-corrected chi connectivity index (χ0v) is 13.9. The molecule has 0 heterocycles. The summed E-state index contributed by atoms with van der Waals surface area (Å²) < 4.78 is 1.00. The fraction of sp³-hybridized carbons (Fsp3) is 0.250. The number of benzene rings is 2. The first-order chi connectivity index (χ1) is 8.95. The molecule has 1 atom stereocenters. The van der Waals surface area contributed by atoms with Gasteiger partial charge in [-0.15, -0.1) is 0 Å². The van der Waals surface area contributed by atoms with Crippen LogP contribution in [-0.4, -0.2) is 5.11 Å². The average molecular weight is 387 g/mol. The van der Waals surface area contributed by atoms with E-state index in [1.54, 1.807) is 0 Å². The van der Waals surface area contributed by atoms with Gasteiger partial charge in [-0.2, -0.15) is 0 Å². The van der Waals surface area contributed by atoms with Crippen LogP contribution in [0.5, 0.6) is 0 Å². The minimum Gasteiger partial charge on any atom is -0.388 e. The Morgan fingerprint density at radius 1 is 1.11 bits per heavy atom. The zero-order chi connectivity index (χ0) is 14.0. The van der Waals surface area contributed by atoms with Crippen LogP contribution in [0.25, 0.3) is 0 Å². The van der Waals surface area contributed by atoms with Gasteiger partial charge in [0, 0.05) is 9.99 Å². The Bertz CT molecular complexity index is 575. The highest BCUT2D eigenvalue weighted by molar-refractivity contribution is 14.1. The van der Waals surface area contributed by atoms with E-state index in [2.05, 4.69) is 54.6 Å². The van der Waals surface area contributed by atoms with Crippen molar-refractivity contribution in [3.8, 4) is 0 Å². The fourth-order valence-electron chi connectivity index (χ4n) is 2.25. The molecule has 0 radical (unpaired) electrons. The first-order valence-electron chi connectivity index (χ1n) is 6.16. The highest BCUT2D eigenvalue weighted by atomic mass is 127. The Balaban J connectivity index is 2.20. The van der Waals surface area contributed by atoms with Crippen molar-refractivity contribution >= 4 is 34.2 Å². The molecule has 0 amide bonds.